The van der Waals surface area contributed by atoms with Gasteiger partial charge in [0.1, 0.15) is 0 Å². The highest BCUT2D eigenvalue weighted by Crippen LogP contribution is 2.35. The Morgan fingerprint density at radius 2 is 2.21 bits per heavy atom. The van der Waals surface area contributed by atoms with E-state index in [-0.39, 0.29) is 6.04 Å². The molecule has 0 aliphatic carbocycles. The fourth-order valence-electron chi connectivity index (χ4n) is 3.13. The molecule has 106 valence electrons. The van der Waals surface area contributed by atoms with Crippen LogP contribution in [0.15, 0.2) is 22.7 Å². The van der Waals surface area contributed by atoms with Crippen molar-refractivity contribution in [2.45, 2.75) is 38.8 Å². The van der Waals surface area contributed by atoms with Crippen molar-refractivity contribution in [1.29, 1.82) is 0 Å². The van der Waals surface area contributed by atoms with Crippen LogP contribution in [-0.4, -0.2) is 24.0 Å². The summed E-state index contributed by atoms with van der Waals surface area (Å²) in [5.41, 5.74) is 7.19. The molecule has 1 saturated heterocycles. The van der Waals surface area contributed by atoms with Crippen molar-refractivity contribution in [3.8, 4) is 0 Å². The Kier molecular flexibility index (Phi) is 5.29. The molecule has 0 bridgehead atoms. The second-order valence-electron chi connectivity index (χ2n) is 5.61. The molecule has 1 aliphatic rings. The van der Waals surface area contributed by atoms with Gasteiger partial charge in [0.05, 0.1) is 0 Å². The lowest BCUT2D eigenvalue weighted by Gasteiger charge is -2.35. The molecule has 1 fully saturated rings. The maximum atomic E-state index is 6.40. The third-order valence-corrected chi connectivity index (χ3v) is 4.88. The highest BCUT2D eigenvalue weighted by Gasteiger charge is 2.33. The first kappa shape index (κ1) is 15.3. The van der Waals surface area contributed by atoms with Gasteiger partial charge < -0.3 is 5.73 Å². The molecule has 0 aromatic heterocycles. The van der Waals surface area contributed by atoms with Crippen LogP contribution in [-0.2, 0) is 0 Å². The Balaban J connectivity index is 2.28. The standard InChI is InChI=1S/C15H22BrClN2/c1-10(2)14-4-3-7-19(14)15(9-18)12-6-5-11(16)8-13(12)17/h5-6,8,10,14-15H,3-4,7,9,18H2,1-2H3. The first-order chi connectivity index (χ1) is 9.04. The normalized spacial score (nSPS) is 22.1. The molecular formula is C15H22BrClN2. The molecule has 2 unspecified atom stereocenters. The van der Waals surface area contributed by atoms with Gasteiger partial charge in [-0.2, -0.15) is 0 Å². The number of benzene rings is 1. The molecule has 0 spiro atoms. The van der Waals surface area contributed by atoms with Crippen molar-refractivity contribution in [3.63, 3.8) is 0 Å². The van der Waals surface area contributed by atoms with Crippen LogP contribution in [0.5, 0.6) is 0 Å². The molecular weight excluding hydrogens is 324 g/mol. The number of nitrogens with two attached hydrogens (primary N) is 1. The number of nitrogens with zero attached hydrogens (tertiary/aromatic N) is 1. The van der Waals surface area contributed by atoms with E-state index in [0.717, 1.165) is 21.6 Å². The summed E-state index contributed by atoms with van der Waals surface area (Å²) in [6.07, 6.45) is 2.52. The van der Waals surface area contributed by atoms with Crippen LogP contribution in [0.25, 0.3) is 0 Å². The predicted molar refractivity (Wildman–Crippen MR) is 85.5 cm³/mol. The van der Waals surface area contributed by atoms with Crippen LogP contribution in [0.4, 0.5) is 0 Å². The fraction of sp³-hybridized carbons (Fsp3) is 0.600. The molecule has 1 heterocycles. The summed E-state index contributed by atoms with van der Waals surface area (Å²) < 4.78 is 1.01. The SMILES string of the molecule is CC(C)C1CCCN1C(CN)c1ccc(Br)cc1Cl. The van der Waals surface area contributed by atoms with Crippen molar-refractivity contribution >= 4 is 27.5 Å². The lowest BCUT2D eigenvalue weighted by molar-refractivity contribution is 0.149. The van der Waals surface area contributed by atoms with E-state index in [4.69, 9.17) is 17.3 Å². The minimum Gasteiger partial charge on any atom is -0.329 e. The largest absolute Gasteiger partial charge is 0.329 e. The Hall–Kier alpha value is -0.0900. The molecule has 1 aromatic rings. The Labute approximate surface area is 129 Å². The summed E-state index contributed by atoms with van der Waals surface area (Å²) in [7, 11) is 0. The van der Waals surface area contributed by atoms with Crippen molar-refractivity contribution in [3.05, 3.63) is 33.3 Å². The van der Waals surface area contributed by atoms with Crippen molar-refractivity contribution < 1.29 is 0 Å². The van der Waals surface area contributed by atoms with Gasteiger partial charge >= 0.3 is 0 Å². The average molecular weight is 346 g/mol. The van der Waals surface area contributed by atoms with Crippen LogP contribution in [0.2, 0.25) is 5.02 Å². The van der Waals surface area contributed by atoms with E-state index in [0.29, 0.717) is 18.5 Å². The molecule has 0 saturated carbocycles. The van der Waals surface area contributed by atoms with Gasteiger partial charge in [0.25, 0.3) is 0 Å². The van der Waals surface area contributed by atoms with Crippen LogP contribution >= 0.6 is 27.5 Å². The smallest absolute Gasteiger partial charge is 0.0488 e. The van der Waals surface area contributed by atoms with Gasteiger partial charge in [-0.15, -0.1) is 0 Å². The molecule has 2 N–H and O–H groups in total. The highest BCUT2D eigenvalue weighted by atomic mass is 79.9. The second kappa shape index (κ2) is 6.57. The Morgan fingerprint density at radius 3 is 2.79 bits per heavy atom. The van der Waals surface area contributed by atoms with E-state index in [1.54, 1.807) is 0 Å². The first-order valence-electron chi connectivity index (χ1n) is 6.95. The van der Waals surface area contributed by atoms with Gasteiger partial charge in [0.2, 0.25) is 0 Å². The lowest BCUT2D eigenvalue weighted by atomic mass is 9.98. The zero-order valence-electron chi connectivity index (χ0n) is 11.6. The van der Waals surface area contributed by atoms with E-state index in [1.165, 1.54) is 12.8 Å². The highest BCUT2D eigenvalue weighted by molar-refractivity contribution is 9.10. The number of hydrogen-bond donors (Lipinski definition) is 1. The van der Waals surface area contributed by atoms with Gasteiger partial charge in [-0.1, -0.05) is 47.4 Å². The summed E-state index contributed by atoms with van der Waals surface area (Å²) in [4.78, 5) is 2.54. The summed E-state index contributed by atoms with van der Waals surface area (Å²) in [5, 5.41) is 0.805. The number of halogens is 2. The average Bonchev–Trinajstić information content (AvgIpc) is 2.82. The van der Waals surface area contributed by atoms with Crippen LogP contribution in [0.3, 0.4) is 0 Å². The number of hydrogen-bond acceptors (Lipinski definition) is 2. The quantitative estimate of drug-likeness (QED) is 0.885. The molecule has 4 heteroatoms. The fourth-order valence-corrected chi connectivity index (χ4v) is 3.93. The third-order valence-electron chi connectivity index (χ3n) is 4.06. The van der Waals surface area contributed by atoms with Gasteiger partial charge in [-0.05, 0) is 43.0 Å². The predicted octanol–water partition coefficient (Wildman–Crippen LogP) is 4.22. The van der Waals surface area contributed by atoms with Crippen LogP contribution in [0.1, 0.15) is 38.3 Å². The lowest BCUT2D eigenvalue weighted by Crippen LogP contribution is -2.40. The number of likely N-dealkylation sites (tertiary alicyclic amines) is 1. The second-order valence-corrected chi connectivity index (χ2v) is 6.93. The van der Waals surface area contributed by atoms with E-state index >= 15 is 0 Å². The monoisotopic (exact) mass is 344 g/mol. The van der Waals surface area contributed by atoms with E-state index in [9.17, 15) is 0 Å². The summed E-state index contributed by atoms with van der Waals surface area (Å²) >= 11 is 9.85. The molecule has 0 amide bonds. The Morgan fingerprint density at radius 1 is 1.47 bits per heavy atom. The molecule has 19 heavy (non-hydrogen) atoms. The van der Waals surface area contributed by atoms with Crippen molar-refractivity contribution in [1.82, 2.24) is 4.90 Å². The molecule has 2 atom stereocenters. The van der Waals surface area contributed by atoms with Gasteiger partial charge in [0, 0.05) is 28.1 Å². The van der Waals surface area contributed by atoms with E-state index < -0.39 is 0 Å². The molecule has 1 aliphatic heterocycles. The van der Waals surface area contributed by atoms with Crippen molar-refractivity contribution in [2.75, 3.05) is 13.1 Å². The molecule has 0 radical (unpaired) electrons. The van der Waals surface area contributed by atoms with Gasteiger partial charge in [0.15, 0.2) is 0 Å². The summed E-state index contributed by atoms with van der Waals surface area (Å²) in [5.74, 6) is 0.658. The van der Waals surface area contributed by atoms with Crippen LogP contribution in [0, 0.1) is 5.92 Å². The number of rotatable bonds is 4. The molecule has 2 rings (SSSR count). The van der Waals surface area contributed by atoms with Crippen molar-refractivity contribution in [2.24, 2.45) is 11.7 Å². The van der Waals surface area contributed by atoms with Gasteiger partial charge in [-0.25, -0.2) is 0 Å². The maximum Gasteiger partial charge on any atom is 0.0488 e. The third kappa shape index (κ3) is 3.33. The van der Waals surface area contributed by atoms with Gasteiger partial charge in [-0.3, -0.25) is 4.90 Å². The maximum absolute atomic E-state index is 6.40. The minimum absolute atomic E-state index is 0.232. The summed E-state index contributed by atoms with van der Waals surface area (Å²) in [6, 6.07) is 6.95. The zero-order chi connectivity index (χ0) is 14.0. The van der Waals surface area contributed by atoms with Crippen LogP contribution < -0.4 is 5.73 Å². The van der Waals surface area contributed by atoms with E-state index in [2.05, 4.69) is 40.7 Å². The molecule has 1 aromatic carbocycles. The van der Waals surface area contributed by atoms with E-state index in [1.807, 2.05) is 12.1 Å². The zero-order valence-corrected chi connectivity index (χ0v) is 13.9. The first-order valence-corrected chi connectivity index (χ1v) is 8.12. The summed E-state index contributed by atoms with van der Waals surface area (Å²) in [6.45, 7) is 6.32. The minimum atomic E-state index is 0.232. The topological polar surface area (TPSA) is 29.3 Å². The Bertz CT molecular complexity index is 436. The molecule has 2 nitrogen and oxygen atoms in total.